The lowest BCUT2D eigenvalue weighted by atomic mass is 9.83. The molecule has 2 rings (SSSR count). The minimum absolute atomic E-state index is 0.0911. The van der Waals surface area contributed by atoms with Gasteiger partial charge < -0.3 is 14.8 Å². The second-order valence-electron chi connectivity index (χ2n) is 5.17. The average Bonchev–Trinajstić information content (AvgIpc) is 2.50. The second-order valence-corrected chi connectivity index (χ2v) is 5.17. The fourth-order valence-electron chi connectivity index (χ4n) is 2.61. The zero-order valence-electron chi connectivity index (χ0n) is 12.0. The summed E-state index contributed by atoms with van der Waals surface area (Å²) in [5.41, 5.74) is 2.89. The molecule has 0 fully saturated rings. The first kappa shape index (κ1) is 14.6. The van der Waals surface area contributed by atoms with Crippen LogP contribution in [0.3, 0.4) is 0 Å². The maximum atomic E-state index is 11.9. The Morgan fingerprint density at radius 3 is 2.95 bits per heavy atom. The predicted molar refractivity (Wildman–Crippen MR) is 73.5 cm³/mol. The van der Waals surface area contributed by atoms with Crippen LogP contribution < -0.4 is 5.32 Å². The second kappa shape index (κ2) is 6.59. The van der Waals surface area contributed by atoms with Crippen LogP contribution in [0.15, 0.2) is 23.0 Å². The Kier molecular flexibility index (Phi) is 4.82. The quantitative estimate of drug-likeness (QED) is 0.798. The molecule has 1 heterocycles. The smallest absolute Gasteiger partial charge is 0.335 e. The summed E-state index contributed by atoms with van der Waals surface area (Å²) in [5.74, 6) is -0.529. The Balaban J connectivity index is 1.98. The summed E-state index contributed by atoms with van der Waals surface area (Å²) < 4.78 is 9.95. The van der Waals surface area contributed by atoms with Gasteiger partial charge in [-0.2, -0.15) is 0 Å². The minimum atomic E-state index is -0.272. The van der Waals surface area contributed by atoms with E-state index in [2.05, 4.69) is 5.32 Å². The van der Waals surface area contributed by atoms with Crippen molar-refractivity contribution in [1.29, 1.82) is 0 Å². The van der Waals surface area contributed by atoms with Gasteiger partial charge in [0.05, 0.1) is 25.2 Å². The number of esters is 2. The molecule has 0 saturated heterocycles. The summed E-state index contributed by atoms with van der Waals surface area (Å²) in [6.07, 6.45) is 5.39. The van der Waals surface area contributed by atoms with Crippen LogP contribution in [-0.2, 0) is 19.1 Å². The fourth-order valence-corrected chi connectivity index (χ4v) is 2.61. The van der Waals surface area contributed by atoms with Crippen LogP contribution in [0.1, 0.15) is 39.0 Å². The maximum absolute atomic E-state index is 11.9. The Bertz CT molecular complexity index is 464. The van der Waals surface area contributed by atoms with E-state index in [0.29, 0.717) is 25.0 Å². The Hall–Kier alpha value is -1.78. The van der Waals surface area contributed by atoms with Crippen molar-refractivity contribution in [3.63, 3.8) is 0 Å². The van der Waals surface area contributed by atoms with E-state index in [1.807, 2.05) is 6.92 Å². The molecule has 0 saturated carbocycles. The molecule has 1 unspecified atom stereocenters. The van der Waals surface area contributed by atoms with Crippen molar-refractivity contribution in [3.8, 4) is 0 Å². The molecule has 0 aromatic heterocycles. The summed E-state index contributed by atoms with van der Waals surface area (Å²) in [7, 11) is 1.42. The van der Waals surface area contributed by atoms with Gasteiger partial charge in [0.25, 0.3) is 0 Å². The standard InChI is InChI=1S/C15H21NO4/c1-3-6-20-15(18)12-8-11-7-10(14(17)19-2)4-5-13(11)16-9-12/h9-10,16H,3-8H2,1-2H3. The van der Waals surface area contributed by atoms with E-state index in [9.17, 15) is 9.59 Å². The number of dihydropyridines is 1. The molecule has 0 amide bonds. The molecule has 20 heavy (non-hydrogen) atoms. The average molecular weight is 279 g/mol. The molecule has 0 bridgehead atoms. The molecular formula is C15H21NO4. The third-order valence-corrected chi connectivity index (χ3v) is 3.72. The van der Waals surface area contributed by atoms with Crippen molar-refractivity contribution in [2.45, 2.75) is 39.0 Å². The number of ether oxygens (including phenoxy) is 2. The van der Waals surface area contributed by atoms with Gasteiger partial charge in [-0.3, -0.25) is 4.79 Å². The van der Waals surface area contributed by atoms with E-state index < -0.39 is 0 Å². The molecule has 0 spiro atoms. The highest BCUT2D eigenvalue weighted by Crippen LogP contribution is 2.34. The summed E-state index contributed by atoms with van der Waals surface area (Å²) >= 11 is 0. The normalized spacial score (nSPS) is 21.5. The first-order valence-electron chi connectivity index (χ1n) is 7.07. The fraction of sp³-hybridized carbons (Fsp3) is 0.600. The van der Waals surface area contributed by atoms with Gasteiger partial charge in [0, 0.05) is 18.3 Å². The predicted octanol–water partition coefficient (Wildman–Crippen LogP) is 2.04. The topological polar surface area (TPSA) is 64.6 Å². The summed E-state index contributed by atoms with van der Waals surface area (Å²) in [6, 6.07) is 0. The van der Waals surface area contributed by atoms with Crippen molar-refractivity contribution in [2.24, 2.45) is 5.92 Å². The number of carbonyl (C=O) groups excluding carboxylic acids is 2. The lowest BCUT2D eigenvalue weighted by Gasteiger charge is -2.29. The molecule has 110 valence electrons. The van der Waals surface area contributed by atoms with Crippen LogP contribution in [0.2, 0.25) is 0 Å². The summed E-state index contributed by atoms with van der Waals surface area (Å²) in [6.45, 7) is 2.40. The molecule has 1 atom stereocenters. The molecule has 5 heteroatoms. The number of methoxy groups -OCH3 is 1. The van der Waals surface area contributed by atoms with Crippen LogP contribution in [-0.4, -0.2) is 25.7 Å². The van der Waals surface area contributed by atoms with Gasteiger partial charge in [-0.1, -0.05) is 6.92 Å². The van der Waals surface area contributed by atoms with E-state index in [1.54, 1.807) is 6.20 Å². The highest BCUT2D eigenvalue weighted by atomic mass is 16.5. The molecule has 1 N–H and O–H groups in total. The number of allylic oxidation sites excluding steroid dienone is 2. The van der Waals surface area contributed by atoms with Crippen LogP contribution in [0.5, 0.6) is 0 Å². The highest BCUT2D eigenvalue weighted by Gasteiger charge is 2.30. The molecule has 0 radical (unpaired) electrons. The molecule has 1 aliphatic heterocycles. The molecule has 1 aliphatic carbocycles. The summed E-state index contributed by atoms with van der Waals surface area (Å²) in [4.78, 5) is 23.5. The molecular weight excluding hydrogens is 258 g/mol. The number of nitrogens with one attached hydrogen (secondary N) is 1. The monoisotopic (exact) mass is 279 g/mol. The van der Waals surface area contributed by atoms with Gasteiger partial charge in [0.2, 0.25) is 0 Å². The first-order valence-corrected chi connectivity index (χ1v) is 7.07. The van der Waals surface area contributed by atoms with Crippen molar-refractivity contribution >= 4 is 11.9 Å². The van der Waals surface area contributed by atoms with Gasteiger partial charge in [-0.15, -0.1) is 0 Å². The van der Waals surface area contributed by atoms with Gasteiger partial charge >= 0.3 is 11.9 Å². The first-order chi connectivity index (χ1) is 9.65. The lowest BCUT2D eigenvalue weighted by Crippen LogP contribution is -2.28. The largest absolute Gasteiger partial charge is 0.469 e. The Morgan fingerprint density at radius 2 is 2.25 bits per heavy atom. The molecule has 0 aromatic rings. The molecule has 2 aliphatic rings. The lowest BCUT2D eigenvalue weighted by molar-refractivity contribution is -0.145. The van der Waals surface area contributed by atoms with Crippen LogP contribution in [0.4, 0.5) is 0 Å². The Labute approximate surface area is 119 Å². The van der Waals surface area contributed by atoms with Crippen LogP contribution in [0, 0.1) is 5.92 Å². The van der Waals surface area contributed by atoms with Gasteiger partial charge in [-0.25, -0.2) is 4.79 Å². The van der Waals surface area contributed by atoms with E-state index in [-0.39, 0.29) is 17.9 Å². The van der Waals surface area contributed by atoms with Crippen molar-refractivity contribution in [2.75, 3.05) is 13.7 Å². The number of hydrogen-bond acceptors (Lipinski definition) is 5. The van der Waals surface area contributed by atoms with E-state index >= 15 is 0 Å². The summed E-state index contributed by atoms with van der Waals surface area (Å²) in [5, 5.41) is 3.17. The number of rotatable bonds is 4. The van der Waals surface area contributed by atoms with Crippen LogP contribution in [0.25, 0.3) is 0 Å². The third-order valence-electron chi connectivity index (χ3n) is 3.72. The van der Waals surface area contributed by atoms with E-state index in [1.165, 1.54) is 7.11 Å². The number of hydrogen-bond donors (Lipinski definition) is 1. The highest BCUT2D eigenvalue weighted by molar-refractivity contribution is 5.89. The third kappa shape index (κ3) is 3.21. The molecule has 5 nitrogen and oxygen atoms in total. The number of carbonyl (C=O) groups is 2. The maximum Gasteiger partial charge on any atom is 0.335 e. The van der Waals surface area contributed by atoms with E-state index in [0.717, 1.165) is 30.5 Å². The molecule has 0 aromatic carbocycles. The van der Waals surface area contributed by atoms with Crippen molar-refractivity contribution < 1.29 is 19.1 Å². The van der Waals surface area contributed by atoms with Gasteiger partial charge in [0.1, 0.15) is 0 Å². The van der Waals surface area contributed by atoms with Crippen LogP contribution >= 0.6 is 0 Å². The van der Waals surface area contributed by atoms with Crippen molar-refractivity contribution in [3.05, 3.63) is 23.0 Å². The Morgan fingerprint density at radius 1 is 1.45 bits per heavy atom. The zero-order valence-corrected chi connectivity index (χ0v) is 12.0. The van der Waals surface area contributed by atoms with Crippen molar-refractivity contribution in [1.82, 2.24) is 5.32 Å². The van der Waals surface area contributed by atoms with Gasteiger partial charge in [0.15, 0.2) is 0 Å². The van der Waals surface area contributed by atoms with E-state index in [4.69, 9.17) is 9.47 Å². The SMILES string of the molecule is CCCOC(=O)C1=CNC2=C(C1)CC(C(=O)OC)CC2. The zero-order chi connectivity index (χ0) is 14.5. The minimum Gasteiger partial charge on any atom is -0.469 e. The van der Waals surface area contributed by atoms with Gasteiger partial charge in [-0.05, 0) is 31.3 Å².